The predicted octanol–water partition coefficient (Wildman–Crippen LogP) is 1.14. The molecule has 1 fully saturated rings. The van der Waals surface area contributed by atoms with Crippen molar-refractivity contribution >= 4 is 41.1 Å². The fourth-order valence-electron chi connectivity index (χ4n) is 2.94. The van der Waals surface area contributed by atoms with Gasteiger partial charge in [-0.1, -0.05) is 34.5 Å². The Balaban J connectivity index is 1.59. The first-order valence-electron chi connectivity index (χ1n) is 9.15. The number of hydrogen-bond donors (Lipinski definition) is 2. The van der Waals surface area contributed by atoms with Crippen LogP contribution in [0.25, 0.3) is 5.82 Å². The van der Waals surface area contributed by atoms with Crippen LogP contribution in [0.4, 0.5) is 5.82 Å². The lowest BCUT2D eigenvalue weighted by Crippen LogP contribution is -2.37. The summed E-state index contributed by atoms with van der Waals surface area (Å²) in [7, 11) is 0. The SMILES string of the molecule is Nc1nonc1-n1nnc(C(=O)NN=Cc2c(Cl)cccc2Cl)c1CN1CCOCC1. The second kappa shape index (κ2) is 9.39. The first-order valence-corrected chi connectivity index (χ1v) is 9.90. The van der Waals surface area contributed by atoms with Crippen LogP contribution < -0.4 is 11.2 Å². The minimum Gasteiger partial charge on any atom is -0.379 e. The molecule has 0 unspecified atom stereocenters. The van der Waals surface area contributed by atoms with E-state index in [2.05, 4.69) is 40.7 Å². The van der Waals surface area contributed by atoms with E-state index in [1.165, 1.54) is 10.9 Å². The zero-order chi connectivity index (χ0) is 21.8. The van der Waals surface area contributed by atoms with Gasteiger partial charge in [-0.25, -0.2) is 10.1 Å². The van der Waals surface area contributed by atoms with E-state index < -0.39 is 5.91 Å². The zero-order valence-corrected chi connectivity index (χ0v) is 17.5. The number of carbonyl (C=O) groups is 1. The topological polar surface area (TPSA) is 150 Å². The highest BCUT2D eigenvalue weighted by Gasteiger charge is 2.26. The van der Waals surface area contributed by atoms with Crippen molar-refractivity contribution in [3.63, 3.8) is 0 Å². The van der Waals surface area contributed by atoms with Crippen LogP contribution in [-0.2, 0) is 11.3 Å². The second-order valence-electron chi connectivity index (χ2n) is 6.49. The lowest BCUT2D eigenvalue weighted by Gasteiger charge is -2.26. The molecule has 0 aliphatic carbocycles. The van der Waals surface area contributed by atoms with Crippen LogP contribution >= 0.6 is 23.2 Å². The Bertz CT molecular complexity index is 1090. The van der Waals surface area contributed by atoms with Gasteiger partial charge in [-0.2, -0.15) is 9.78 Å². The van der Waals surface area contributed by atoms with E-state index >= 15 is 0 Å². The van der Waals surface area contributed by atoms with Gasteiger partial charge in [0, 0.05) is 25.2 Å². The first kappa shape index (κ1) is 21.2. The van der Waals surface area contributed by atoms with E-state index in [1.54, 1.807) is 18.2 Å². The molecule has 1 saturated heterocycles. The average Bonchev–Trinajstić information content (AvgIpc) is 3.36. The number of nitrogens with two attached hydrogens (primary N) is 1. The van der Waals surface area contributed by atoms with Crippen molar-refractivity contribution in [3.05, 3.63) is 45.2 Å². The number of hydrogen-bond acceptors (Lipinski definition) is 10. The Morgan fingerprint density at radius 2 is 2.00 bits per heavy atom. The van der Waals surface area contributed by atoms with Crippen molar-refractivity contribution in [1.82, 2.24) is 35.6 Å². The summed E-state index contributed by atoms with van der Waals surface area (Å²) in [5.41, 5.74) is 9.19. The molecule has 0 atom stereocenters. The van der Waals surface area contributed by atoms with Gasteiger partial charge >= 0.3 is 0 Å². The Morgan fingerprint density at radius 1 is 1.26 bits per heavy atom. The molecule has 2 aromatic heterocycles. The van der Waals surface area contributed by atoms with Gasteiger partial charge in [0.25, 0.3) is 5.91 Å². The number of halogens is 2. The molecule has 1 aromatic carbocycles. The second-order valence-corrected chi connectivity index (χ2v) is 7.31. The molecule has 1 aliphatic heterocycles. The van der Waals surface area contributed by atoms with Gasteiger partial charge in [0.15, 0.2) is 5.69 Å². The molecule has 4 rings (SSSR count). The molecule has 3 aromatic rings. The van der Waals surface area contributed by atoms with E-state index in [1.807, 2.05) is 0 Å². The summed E-state index contributed by atoms with van der Waals surface area (Å²) >= 11 is 12.2. The Morgan fingerprint density at radius 3 is 2.68 bits per heavy atom. The quantitative estimate of drug-likeness (QED) is 0.403. The maximum absolute atomic E-state index is 12.8. The molecule has 162 valence electrons. The number of morpholine rings is 1. The van der Waals surface area contributed by atoms with Gasteiger partial charge in [-0.3, -0.25) is 9.69 Å². The Kier molecular flexibility index (Phi) is 6.42. The van der Waals surface area contributed by atoms with Crippen LogP contribution in [0, 0.1) is 0 Å². The third-order valence-electron chi connectivity index (χ3n) is 4.51. The molecule has 0 spiro atoms. The van der Waals surface area contributed by atoms with Crippen molar-refractivity contribution in [3.8, 4) is 5.82 Å². The summed E-state index contributed by atoms with van der Waals surface area (Å²) in [4.78, 5) is 14.9. The van der Waals surface area contributed by atoms with Gasteiger partial charge in [0.1, 0.15) is 0 Å². The molecule has 1 aliphatic rings. The summed E-state index contributed by atoms with van der Waals surface area (Å²) < 4.78 is 11.4. The molecule has 14 heteroatoms. The number of amides is 1. The molecule has 0 bridgehead atoms. The number of hydrazone groups is 1. The van der Waals surface area contributed by atoms with Gasteiger partial charge in [0.2, 0.25) is 11.6 Å². The van der Waals surface area contributed by atoms with Gasteiger partial charge in [0.05, 0.1) is 35.2 Å². The summed E-state index contributed by atoms with van der Waals surface area (Å²) in [6.07, 6.45) is 1.36. The largest absolute Gasteiger partial charge is 0.379 e. The summed E-state index contributed by atoms with van der Waals surface area (Å²) in [5, 5.41) is 20.1. The fraction of sp³-hybridized carbons (Fsp3) is 0.294. The molecule has 0 radical (unpaired) electrons. The van der Waals surface area contributed by atoms with Crippen LogP contribution in [-0.4, -0.2) is 68.6 Å². The molecule has 12 nitrogen and oxygen atoms in total. The number of aromatic nitrogens is 5. The van der Waals surface area contributed by atoms with Gasteiger partial charge in [-0.05, 0) is 22.4 Å². The molecular weight excluding hydrogens is 449 g/mol. The fourth-order valence-corrected chi connectivity index (χ4v) is 3.44. The monoisotopic (exact) mass is 465 g/mol. The maximum atomic E-state index is 12.8. The van der Waals surface area contributed by atoms with E-state index in [-0.39, 0.29) is 17.3 Å². The highest BCUT2D eigenvalue weighted by Crippen LogP contribution is 2.22. The third-order valence-corrected chi connectivity index (χ3v) is 5.17. The standard InChI is InChI=1S/C17H17Cl2N9O3/c18-11-2-1-3-12(19)10(11)8-21-23-17(29)14-13(9-27-4-6-30-7-5-27)28(26-22-14)16-15(20)24-31-25-16/h1-3,8H,4-7,9H2,(H2,20,24)(H,23,29). The maximum Gasteiger partial charge on any atom is 0.293 e. The van der Waals surface area contributed by atoms with Crippen LogP contribution in [0.2, 0.25) is 10.0 Å². The minimum atomic E-state index is -0.580. The number of nitrogens with zero attached hydrogens (tertiary/aromatic N) is 7. The predicted molar refractivity (Wildman–Crippen MR) is 111 cm³/mol. The normalized spacial score (nSPS) is 14.9. The first-order chi connectivity index (χ1) is 15.0. The number of carbonyl (C=O) groups excluding carboxylic acids is 1. The smallest absolute Gasteiger partial charge is 0.293 e. The minimum absolute atomic E-state index is 0.0199. The molecule has 0 saturated carbocycles. The number of nitrogens with one attached hydrogen (secondary N) is 1. The lowest BCUT2D eigenvalue weighted by atomic mass is 10.2. The van der Waals surface area contributed by atoms with Crippen molar-refractivity contribution < 1.29 is 14.2 Å². The number of benzene rings is 1. The van der Waals surface area contributed by atoms with Crippen LogP contribution in [0.3, 0.4) is 0 Å². The highest BCUT2D eigenvalue weighted by atomic mass is 35.5. The Labute approximate surface area is 185 Å². The van der Waals surface area contributed by atoms with Crippen LogP contribution in [0.5, 0.6) is 0 Å². The van der Waals surface area contributed by atoms with Crippen molar-refractivity contribution in [2.24, 2.45) is 5.10 Å². The molecule has 31 heavy (non-hydrogen) atoms. The van der Waals surface area contributed by atoms with Gasteiger partial charge < -0.3 is 10.5 Å². The van der Waals surface area contributed by atoms with Crippen LogP contribution in [0.1, 0.15) is 21.7 Å². The van der Waals surface area contributed by atoms with Crippen molar-refractivity contribution in [2.75, 3.05) is 32.0 Å². The zero-order valence-electron chi connectivity index (χ0n) is 16.0. The molecule has 1 amide bonds. The molecule has 3 N–H and O–H groups in total. The summed E-state index contributed by atoms with van der Waals surface area (Å²) in [5.74, 6) is -0.420. The van der Waals surface area contributed by atoms with Crippen molar-refractivity contribution in [1.29, 1.82) is 0 Å². The summed E-state index contributed by atoms with van der Waals surface area (Å²) in [6, 6.07) is 5.04. The summed E-state index contributed by atoms with van der Waals surface area (Å²) in [6.45, 7) is 2.88. The number of anilines is 1. The number of rotatable bonds is 6. The lowest BCUT2D eigenvalue weighted by molar-refractivity contribution is 0.0332. The number of nitrogen functional groups attached to an aromatic ring is 1. The van der Waals surface area contributed by atoms with E-state index in [9.17, 15) is 4.79 Å². The molecular formula is C17H17Cl2N9O3. The Hall–Kier alpha value is -3.06. The average molecular weight is 466 g/mol. The van der Waals surface area contributed by atoms with E-state index in [0.29, 0.717) is 54.2 Å². The molecule has 3 heterocycles. The van der Waals surface area contributed by atoms with E-state index in [4.69, 9.17) is 33.7 Å². The van der Waals surface area contributed by atoms with Gasteiger partial charge in [-0.15, -0.1) is 5.10 Å². The third kappa shape index (κ3) is 4.66. The highest BCUT2D eigenvalue weighted by molar-refractivity contribution is 6.38. The van der Waals surface area contributed by atoms with E-state index in [0.717, 1.165) is 0 Å². The van der Waals surface area contributed by atoms with Crippen LogP contribution in [0.15, 0.2) is 27.9 Å². The van der Waals surface area contributed by atoms with Crippen molar-refractivity contribution in [2.45, 2.75) is 6.54 Å². The number of ether oxygens (including phenoxy) is 1.